The van der Waals surface area contributed by atoms with Crippen molar-refractivity contribution in [2.75, 3.05) is 119 Å². The van der Waals surface area contributed by atoms with Gasteiger partial charge in [0.05, 0.1) is 29.5 Å². The van der Waals surface area contributed by atoms with E-state index in [2.05, 4.69) is 464 Å². The Hall–Kier alpha value is -12.6. The van der Waals surface area contributed by atoms with Gasteiger partial charge in [-0.3, -0.25) is 4.98 Å². The third-order valence-electron chi connectivity index (χ3n) is 29.4. The molecule has 0 amide bonds. The molecular formula is C102H146N28. The fourth-order valence-electron chi connectivity index (χ4n) is 18.5. The van der Waals surface area contributed by atoms with Crippen molar-refractivity contribution in [1.29, 1.82) is 0 Å². The summed E-state index contributed by atoms with van der Waals surface area (Å²) in [6.07, 6.45) is 30.3. The molecule has 0 spiro atoms. The Morgan fingerprint density at radius 2 is 0.462 bits per heavy atom. The SMILES string of the molecule is CC1=CN(c2cncc(N3C=C(C)N(C)[C@@H]3C)c2C)[C@H](C)N1C.CC1=CN(c2nc(-c3c(C)cccc3C)nc(N3C=C(C)N(C)[C@@H]3C)c2C)[C@H](C)N1C.CC1=CN(c2nc(-c3ccccc3)nc(N3C=C(C)N(C)[C@@H]3C)c2C)[C@H](C)N1C.CC1=CN(c2nc(C)nc(N3C=C(C)N(C)[C@@H]3C)c2C)[C@H](C)N1C.CC1=CN(c2nccc(N3C=C(C)N(C)[C@@H]3C)c2C)[C@H](C)N1C. The number of nitrogens with zero attached hydrogens (tertiary/aromatic N) is 28. The Kier molecular flexibility index (Phi) is 27.4. The van der Waals surface area contributed by atoms with Crippen LogP contribution in [0.1, 0.15) is 183 Å². The molecular weight excluding hydrogens is 1620 g/mol. The van der Waals surface area contributed by atoms with Crippen molar-refractivity contribution < 1.29 is 0 Å². The molecule has 0 radical (unpaired) electrons. The van der Waals surface area contributed by atoms with E-state index in [4.69, 9.17) is 29.9 Å². The van der Waals surface area contributed by atoms with Gasteiger partial charge in [0.15, 0.2) is 11.6 Å². The predicted octanol–water partition coefficient (Wildman–Crippen LogP) is 19.0. The normalized spacial score (nSPS) is 23.0. The highest BCUT2D eigenvalue weighted by molar-refractivity contribution is 5.76. The molecule has 130 heavy (non-hydrogen) atoms. The van der Waals surface area contributed by atoms with Crippen molar-refractivity contribution in [2.24, 2.45) is 0 Å². The lowest BCUT2D eigenvalue weighted by Crippen LogP contribution is -2.37. The lowest BCUT2D eigenvalue weighted by Gasteiger charge is -2.32. The van der Waals surface area contributed by atoms with E-state index < -0.39 is 0 Å². The summed E-state index contributed by atoms with van der Waals surface area (Å²) in [4.78, 5) is 84.5. The molecule has 15 heterocycles. The molecule has 10 aliphatic heterocycles. The summed E-state index contributed by atoms with van der Waals surface area (Å²) in [5, 5.41) is 0. The molecule has 10 atom stereocenters. The van der Waals surface area contributed by atoms with Crippen molar-refractivity contribution in [3.63, 3.8) is 0 Å². The maximum absolute atomic E-state index is 5.14. The molecule has 0 saturated carbocycles. The second kappa shape index (κ2) is 37.5. The Labute approximate surface area is 777 Å². The molecule has 0 unspecified atom stereocenters. The van der Waals surface area contributed by atoms with Gasteiger partial charge in [0, 0.05) is 229 Å². The minimum Gasteiger partial charge on any atom is -0.357 e. The molecule has 0 N–H and O–H groups in total. The second-order valence-electron chi connectivity index (χ2n) is 37.1. The Morgan fingerprint density at radius 1 is 0.223 bits per heavy atom. The average molecular weight is 1760 g/mol. The highest BCUT2D eigenvalue weighted by atomic mass is 15.5. The molecule has 7 aromatic rings. The zero-order valence-corrected chi connectivity index (χ0v) is 85.0. The summed E-state index contributed by atoms with van der Waals surface area (Å²) >= 11 is 0. The molecule has 2 aromatic carbocycles. The van der Waals surface area contributed by atoms with Gasteiger partial charge >= 0.3 is 0 Å². The van der Waals surface area contributed by atoms with Crippen LogP contribution in [0.25, 0.3) is 22.8 Å². The van der Waals surface area contributed by atoms with Crippen LogP contribution in [-0.4, -0.2) is 221 Å². The van der Waals surface area contributed by atoms with E-state index in [0.29, 0.717) is 18.5 Å². The zero-order valence-electron chi connectivity index (χ0n) is 85.0. The van der Waals surface area contributed by atoms with Crippen LogP contribution in [0.3, 0.4) is 0 Å². The van der Waals surface area contributed by atoms with Crippen molar-refractivity contribution >= 4 is 57.8 Å². The van der Waals surface area contributed by atoms with Gasteiger partial charge in [-0.2, -0.15) is 0 Å². The number of rotatable bonds is 12. The van der Waals surface area contributed by atoms with Crippen molar-refractivity contribution in [3.05, 3.63) is 237 Å². The molecule has 0 fully saturated rings. The third kappa shape index (κ3) is 17.5. The summed E-state index contributed by atoms with van der Waals surface area (Å²) in [6, 6.07) is 18.7. The number of aryl methyl sites for hydroxylation is 3. The molecule has 694 valence electrons. The van der Waals surface area contributed by atoms with Crippen LogP contribution >= 0.6 is 0 Å². The van der Waals surface area contributed by atoms with Gasteiger partial charge in [-0.05, 0) is 217 Å². The zero-order chi connectivity index (χ0) is 95.0. The summed E-state index contributed by atoms with van der Waals surface area (Å²) in [5.41, 5.74) is 26.3. The first-order chi connectivity index (χ1) is 61.3. The Balaban J connectivity index is 0.000000139. The summed E-state index contributed by atoms with van der Waals surface area (Å²) in [7, 11) is 21.3. The van der Waals surface area contributed by atoms with Gasteiger partial charge in [0.2, 0.25) is 0 Å². The fraction of sp³-hybridized carbons (Fsp3) is 0.471. The molecule has 0 aliphatic carbocycles. The van der Waals surface area contributed by atoms with Gasteiger partial charge in [0.25, 0.3) is 0 Å². The van der Waals surface area contributed by atoms with Gasteiger partial charge in [-0.25, -0.2) is 34.9 Å². The summed E-state index contributed by atoms with van der Waals surface area (Å²) in [5.74, 6) is 9.18. The first-order valence-electron chi connectivity index (χ1n) is 45.9. The van der Waals surface area contributed by atoms with E-state index in [-0.39, 0.29) is 43.2 Å². The number of benzene rings is 2. The maximum atomic E-state index is 5.14. The minimum absolute atomic E-state index is 0.197. The van der Waals surface area contributed by atoms with Gasteiger partial charge in [0.1, 0.15) is 108 Å². The monoisotopic (exact) mass is 1760 g/mol. The summed E-state index contributed by atoms with van der Waals surface area (Å²) < 4.78 is 0. The average Bonchev–Trinajstić information content (AvgIpc) is 1.01. The number of hydrogen-bond acceptors (Lipinski definition) is 28. The molecule has 0 saturated heterocycles. The van der Waals surface area contributed by atoms with Crippen LogP contribution in [-0.2, 0) is 0 Å². The maximum Gasteiger partial charge on any atom is 0.164 e. The van der Waals surface area contributed by atoms with Crippen LogP contribution in [0.4, 0.5) is 57.8 Å². The van der Waals surface area contributed by atoms with E-state index in [0.717, 1.165) is 86.0 Å². The first kappa shape index (κ1) is 95.0. The molecule has 28 nitrogen and oxygen atoms in total. The minimum atomic E-state index is 0.197. The predicted molar refractivity (Wildman–Crippen MR) is 538 cm³/mol. The van der Waals surface area contributed by atoms with E-state index in [1.165, 1.54) is 96.3 Å². The molecule has 5 aromatic heterocycles. The standard InChI is InChI=1S/C25H34N6.C23H30N6.C18H28N6.2C18H27N5/c1-15-11-10-12-16(2)22(15)23-26-24(30-13-17(3)28(8)20(30)6)19(5)25(27-23)31-14-18(4)29(9)21(31)7;1-15-13-28(18(4)26(15)6)22-17(3)23(29-14-16(2)27(7)19(29)5)25-21(24-22)20-11-9-8-10-12-20;1-11-9-23(15(5)21(11)7)17-13(3)18(20-14(4)19-17)24-10-12(2)22(8)16(24)6;1-12-10-22(15(4)20(12)6)17-8-19-9-18(14(17)3)23-11-13(2)21(7)16(23)5;1-12-10-22(15(4)20(12)6)17-8-9-19-18(14(17)3)23-11-13(2)21(7)16(23)5/h10-14,20-21H,1-9H3;8-14,18-19H,1-7H3;9-10,15-16H,1-8H3;2*8-11,15-16H,1-7H3/t20-,21+;18-,19+;3*15-,16+/m....0/s1. The third-order valence-corrected chi connectivity index (χ3v) is 29.4. The smallest absolute Gasteiger partial charge is 0.164 e. The Morgan fingerprint density at radius 3 is 0.723 bits per heavy atom. The number of anilines is 10. The lowest BCUT2D eigenvalue weighted by atomic mass is 10.0. The van der Waals surface area contributed by atoms with Crippen LogP contribution in [0.5, 0.6) is 0 Å². The van der Waals surface area contributed by atoms with E-state index in [1.807, 2.05) is 43.7 Å². The lowest BCUT2D eigenvalue weighted by molar-refractivity contribution is 0.354. The van der Waals surface area contributed by atoms with E-state index in [1.54, 1.807) is 0 Å². The van der Waals surface area contributed by atoms with Crippen LogP contribution in [0.2, 0.25) is 0 Å². The number of hydrogen-bond donors (Lipinski definition) is 0. The van der Waals surface area contributed by atoms with Crippen molar-refractivity contribution in [3.8, 4) is 22.8 Å². The quantitative estimate of drug-likeness (QED) is 0.113. The fourth-order valence-corrected chi connectivity index (χ4v) is 18.5. The molecule has 10 aliphatic rings. The van der Waals surface area contributed by atoms with Crippen LogP contribution in [0.15, 0.2) is 192 Å². The van der Waals surface area contributed by atoms with Gasteiger partial charge in [-0.15, -0.1) is 0 Å². The highest BCUT2D eigenvalue weighted by Gasteiger charge is 2.39. The van der Waals surface area contributed by atoms with E-state index >= 15 is 0 Å². The molecule has 0 bridgehead atoms. The molecule has 28 heteroatoms. The first-order valence-corrected chi connectivity index (χ1v) is 45.9. The largest absolute Gasteiger partial charge is 0.357 e. The summed E-state index contributed by atoms with van der Waals surface area (Å²) in [6.45, 7) is 60.5. The van der Waals surface area contributed by atoms with Crippen molar-refractivity contribution in [2.45, 2.75) is 256 Å². The van der Waals surface area contributed by atoms with Gasteiger partial charge in [-0.1, -0.05) is 48.5 Å². The van der Waals surface area contributed by atoms with Crippen molar-refractivity contribution in [1.82, 2.24) is 88.9 Å². The molecule has 17 rings (SSSR count). The van der Waals surface area contributed by atoms with Gasteiger partial charge < -0.3 is 98.0 Å². The number of aromatic nitrogens is 8. The number of pyridine rings is 2. The number of allylic oxidation sites excluding steroid dienone is 10. The van der Waals surface area contributed by atoms with E-state index in [9.17, 15) is 0 Å². The highest BCUT2D eigenvalue weighted by Crippen LogP contribution is 2.45. The topological polar surface area (TPSA) is 168 Å². The van der Waals surface area contributed by atoms with Crippen LogP contribution < -0.4 is 49.0 Å². The van der Waals surface area contributed by atoms with Crippen LogP contribution in [0, 0.1) is 55.4 Å². The Bertz CT molecular complexity index is 5320. The second-order valence-corrected chi connectivity index (χ2v) is 37.1.